The molecule has 1 unspecified atom stereocenters. The van der Waals surface area contributed by atoms with Gasteiger partial charge in [0.1, 0.15) is 5.75 Å². The highest BCUT2D eigenvalue weighted by Crippen LogP contribution is 2.40. The predicted molar refractivity (Wildman–Crippen MR) is 130 cm³/mol. The van der Waals surface area contributed by atoms with E-state index in [1.807, 2.05) is 26.2 Å². The van der Waals surface area contributed by atoms with Crippen molar-refractivity contribution < 1.29 is 19.4 Å². The second-order valence-corrected chi connectivity index (χ2v) is 8.59. The van der Waals surface area contributed by atoms with E-state index in [2.05, 4.69) is 34.3 Å². The smallest absolute Gasteiger partial charge is 0.335 e. The van der Waals surface area contributed by atoms with Crippen LogP contribution in [0, 0.1) is 6.92 Å². The Hall–Kier alpha value is -3.03. The number of carboxylic acids is 1. The third-order valence-electron chi connectivity index (χ3n) is 6.69. The third-order valence-corrected chi connectivity index (χ3v) is 6.69. The van der Waals surface area contributed by atoms with Gasteiger partial charge < -0.3 is 24.9 Å². The Morgan fingerprint density at radius 1 is 1.30 bits per heavy atom. The minimum Gasteiger partial charge on any atom is -0.496 e. The molecule has 0 bridgehead atoms. The molecule has 7 heteroatoms. The molecule has 176 valence electrons. The van der Waals surface area contributed by atoms with Crippen LogP contribution in [0.4, 0.5) is 5.69 Å². The number of nitrogens with zero attached hydrogens (tertiary/aromatic N) is 1. The Kier molecular flexibility index (Phi) is 6.91. The minimum absolute atomic E-state index is 0.0839. The molecular formula is C26H33N3O4. The number of methoxy groups -OCH3 is 1. The summed E-state index contributed by atoms with van der Waals surface area (Å²) < 4.78 is 11.8. The summed E-state index contributed by atoms with van der Waals surface area (Å²) in [6.45, 7) is 6.41. The molecule has 0 saturated carbocycles. The van der Waals surface area contributed by atoms with Crippen molar-refractivity contribution in [2.24, 2.45) is 0 Å². The Morgan fingerprint density at radius 3 is 2.82 bits per heavy atom. The number of anilines is 1. The molecule has 1 aliphatic heterocycles. The van der Waals surface area contributed by atoms with Crippen LogP contribution in [0.1, 0.15) is 52.9 Å². The third kappa shape index (κ3) is 4.56. The molecule has 0 amide bonds. The lowest BCUT2D eigenvalue weighted by Gasteiger charge is -2.40. The van der Waals surface area contributed by atoms with Gasteiger partial charge in [-0.25, -0.2) is 4.79 Å². The van der Waals surface area contributed by atoms with Gasteiger partial charge in [0.25, 0.3) is 0 Å². The fourth-order valence-corrected chi connectivity index (χ4v) is 5.06. The first-order valence-corrected chi connectivity index (χ1v) is 11.5. The summed E-state index contributed by atoms with van der Waals surface area (Å²) in [6, 6.07) is 9.65. The van der Waals surface area contributed by atoms with E-state index >= 15 is 0 Å². The Bertz CT molecular complexity index is 1140. The number of H-pyrrole nitrogens is 1. The fraction of sp³-hybridized carbons (Fsp3) is 0.423. The summed E-state index contributed by atoms with van der Waals surface area (Å²) in [4.78, 5) is 17.3. The van der Waals surface area contributed by atoms with Gasteiger partial charge in [-0.05, 0) is 62.1 Å². The number of carbonyl (C=O) groups is 1. The summed E-state index contributed by atoms with van der Waals surface area (Å²) >= 11 is 0. The number of benzene rings is 2. The van der Waals surface area contributed by atoms with Crippen molar-refractivity contribution in [2.45, 2.75) is 45.4 Å². The van der Waals surface area contributed by atoms with Gasteiger partial charge >= 0.3 is 5.97 Å². The molecule has 4 rings (SSSR count). The van der Waals surface area contributed by atoms with Crippen LogP contribution < -0.4 is 10.1 Å². The second kappa shape index (κ2) is 9.85. The van der Waals surface area contributed by atoms with Gasteiger partial charge in [0.15, 0.2) is 0 Å². The summed E-state index contributed by atoms with van der Waals surface area (Å²) in [5.41, 5.74) is 5.65. The average Bonchev–Trinajstić information content (AvgIpc) is 3.32. The zero-order chi connectivity index (χ0) is 23.5. The molecule has 3 N–H and O–H groups in total. The number of aromatic nitrogens is 1. The molecule has 0 radical (unpaired) electrons. The highest BCUT2D eigenvalue weighted by atomic mass is 16.5. The molecule has 3 aromatic rings. The van der Waals surface area contributed by atoms with Crippen LogP contribution in [-0.2, 0) is 11.3 Å². The molecule has 7 nitrogen and oxygen atoms in total. The van der Waals surface area contributed by atoms with E-state index in [1.54, 1.807) is 19.2 Å². The van der Waals surface area contributed by atoms with Gasteiger partial charge in [-0.15, -0.1) is 0 Å². The minimum atomic E-state index is -0.926. The predicted octanol–water partition coefficient (Wildman–Crippen LogP) is 4.97. The summed E-state index contributed by atoms with van der Waals surface area (Å²) in [5.74, 6) is -0.0367. The van der Waals surface area contributed by atoms with Crippen molar-refractivity contribution in [1.29, 1.82) is 0 Å². The fourth-order valence-electron chi connectivity index (χ4n) is 5.06. The molecule has 2 aromatic carbocycles. The highest BCUT2D eigenvalue weighted by molar-refractivity contribution is 5.89. The number of aromatic carboxylic acids is 1. The van der Waals surface area contributed by atoms with E-state index in [-0.39, 0.29) is 17.7 Å². The first kappa shape index (κ1) is 23.1. The molecule has 1 aliphatic rings. The van der Waals surface area contributed by atoms with E-state index in [0.29, 0.717) is 6.61 Å². The van der Waals surface area contributed by atoms with E-state index in [0.717, 1.165) is 59.6 Å². The van der Waals surface area contributed by atoms with Crippen molar-refractivity contribution in [3.63, 3.8) is 0 Å². The van der Waals surface area contributed by atoms with Crippen LogP contribution in [0.15, 0.2) is 36.5 Å². The number of aromatic amines is 1. The Labute approximate surface area is 194 Å². The van der Waals surface area contributed by atoms with Crippen molar-refractivity contribution in [3.05, 3.63) is 58.8 Å². The standard InChI is InChI=1S/C26H33N3O4/c1-5-33-18-9-11-29(15-21-19-8-10-28-25(19)16(2)12-24(21)32-4)23(14-18)20-7-6-17(26(30)31)13-22(20)27-3/h6-8,10,12-13,18,23,27-28H,5,9,11,14-15H2,1-4H3,(H,30,31)/t18?,23-/m0/s1. The number of rotatable bonds is 8. The quantitative estimate of drug-likeness (QED) is 0.448. The lowest BCUT2D eigenvalue weighted by molar-refractivity contribution is -0.0136. The maximum atomic E-state index is 11.5. The van der Waals surface area contributed by atoms with Crippen molar-refractivity contribution in [3.8, 4) is 5.75 Å². The first-order chi connectivity index (χ1) is 16.0. The summed E-state index contributed by atoms with van der Waals surface area (Å²) in [5, 5.41) is 13.8. The maximum absolute atomic E-state index is 11.5. The number of carboxylic acid groups (broad SMARTS) is 1. The normalized spacial score (nSPS) is 19.0. The van der Waals surface area contributed by atoms with E-state index in [9.17, 15) is 9.90 Å². The molecule has 0 aliphatic carbocycles. The molecule has 1 aromatic heterocycles. The van der Waals surface area contributed by atoms with Crippen LogP contribution in [0.3, 0.4) is 0 Å². The van der Waals surface area contributed by atoms with Crippen molar-refractivity contribution in [2.75, 3.05) is 32.6 Å². The van der Waals surface area contributed by atoms with Gasteiger partial charge in [0, 0.05) is 61.1 Å². The molecule has 1 fully saturated rings. The van der Waals surface area contributed by atoms with E-state index < -0.39 is 5.97 Å². The Balaban J connectivity index is 1.75. The number of piperidine rings is 1. The van der Waals surface area contributed by atoms with Crippen LogP contribution in [0.25, 0.3) is 10.9 Å². The first-order valence-electron chi connectivity index (χ1n) is 11.5. The van der Waals surface area contributed by atoms with Gasteiger partial charge in [0.05, 0.1) is 18.8 Å². The summed E-state index contributed by atoms with van der Waals surface area (Å²) in [6.07, 6.45) is 3.95. The zero-order valence-corrected chi connectivity index (χ0v) is 19.8. The molecule has 1 saturated heterocycles. The van der Waals surface area contributed by atoms with Crippen molar-refractivity contribution in [1.82, 2.24) is 9.88 Å². The van der Waals surface area contributed by atoms with Crippen LogP contribution in [-0.4, -0.2) is 54.4 Å². The lowest BCUT2D eigenvalue weighted by atomic mass is 9.90. The van der Waals surface area contributed by atoms with Gasteiger partial charge in [0.2, 0.25) is 0 Å². The molecular weight excluding hydrogens is 418 g/mol. The van der Waals surface area contributed by atoms with Crippen LogP contribution in [0.5, 0.6) is 5.75 Å². The molecule has 33 heavy (non-hydrogen) atoms. The van der Waals surface area contributed by atoms with Crippen LogP contribution in [0.2, 0.25) is 0 Å². The van der Waals surface area contributed by atoms with Crippen LogP contribution >= 0.6 is 0 Å². The topological polar surface area (TPSA) is 86.8 Å². The largest absolute Gasteiger partial charge is 0.496 e. The number of hydrogen-bond acceptors (Lipinski definition) is 5. The molecule has 2 atom stereocenters. The number of ether oxygens (including phenoxy) is 2. The monoisotopic (exact) mass is 451 g/mol. The maximum Gasteiger partial charge on any atom is 0.335 e. The molecule has 0 spiro atoms. The number of nitrogens with one attached hydrogen (secondary N) is 2. The van der Waals surface area contributed by atoms with Gasteiger partial charge in [-0.3, -0.25) is 4.90 Å². The molecule has 2 heterocycles. The van der Waals surface area contributed by atoms with E-state index in [4.69, 9.17) is 9.47 Å². The number of likely N-dealkylation sites (tertiary alicyclic amines) is 1. The Morgan fingerprint density at radius 2 is 2.12 bits per heavy atom. The SMILES string of the molecule is CCOC1CCN(Cc2c(OC)cc(C)c3[nH]ccc23)[C@H](c2ccc(C(=O)O)cc2NC)C1. The zero-order valence-electron chi connectivity index (χ0n) is 19.8. The second-order valence-electron chi connectivity index (χ2n) is 8.59. The highest BCUT2D eigenvalue weighted by Gasteiger charge is 2.32. The number of fused-ring (bicyclic) bond motifs is 1. The lowest BCUT2D eigenvalue weighted by Crippen LogP contribution is -2.39. The average molecular weight is 452 g/mol. The van der Waals surface area contributed by atoms with Gasteiger partial charge in [-0.1, -0.05) is 6.07 Å². The summed E-state index contributed by atoms with van der Waals surface area (Å²) in [7, 11) is 3.56. The van der Waals surface area contributed by atoms with Crippen molar-refractivity contribution >= 4 is 22.6 Å². The van der Waals surface area contributed by atoms with Gasteiger partial charge in [-0.2, -0.15) is 0 Å². The number of hydrogen-bond donors (Lipinski definition) is 3. The number of aryl methyl sites for hydroxylation is 1. The van der Waals surface area contributed by atoms with E-state index in [1.165, 1.54) is 5.39 Å².